The average Bonchev–Trinajstić information content (AvgIpc) is 2.70. The molecule has 2 aromatic rings. The van der Waals surface area contributed by atoms with Gasteiger partial charge in [0.2, 0.25) is 11.7 Å². The number of unbranched alkanes of at least 4 members (excludes halogenated alkanes) is 1. The zero-order valence-corrected chi connectivity index (χ0v) is 15.9. The molecule has 0 aliphatic carbocycles. The fraction of sp³-hybridized carbons (Fsp3) is 0.280. The Morgan fingerprint density at radius 3 is 1.52 bits per heavy atom. The molecule has 0 spiro atoms. The van der Waals surface area contributed by atoms with Crippen molar-refractivity contribution in [3.63, 3.8) is 0 Å². The van der Waals surface area contributed by atoms with E-state index in [2.05, 4.69) is 37.5 Å². The first-order valence-electron chi connectivity index (χ1n) is 9.39. The van der Waals surface area contributed by atoms with Crippen LogP contribution in [0.1, 0.15) is 55.4 Å². The van der Waals surface area contributed by atoms with E-state index in [1.54, 1.807) is 0 Å². The average molecular weight is 362 g/mol. The maximum absolute atomic E-state index is 13.8. The lowest BCUT2D eigenvalue weighted by molar-refractivity contribution is 0.584. The van der Waals surface area contributed by atoms with E-state index in [1.165, 1.54) is 11.1 Å². The van der Waals surface area contributed by atoms with Gasteiger partial charge in [0.1, 0.15) is 0 Å². The van der Waals surface area contributed by atoms with Gasteiger partial charge in [-0.3, -0.25) is 0 Å². The molecule has 0 N–H and O–H groups in total. The van der Waals surface area contributed by atoms with Crippen molar-refractivity contribution < 1.29 is 8.78 Å². The van der Waals surface area contributed by atoms with Crippen molar-refractivity contribution in [1.29, 1.82) is 0 Å². The minimum atomic E-state index is -1.14. The number of allylic oxidation sites excluding steroid dienone is 2. The Morgan fingerprint density at radius 1 is 0.667 bits per heavy atom. The molecular formula is C25H24F2. The Kier molecular flexibility index (Phi) is 8.34. The highest BCUT2D eigenvalue weighted by Gasteiger charge is 2.00. The third-order valence-corrected chi connectivity index (χ3v) is 4.09. The summed E-state index contributed by atoms with van der Waals surface area (Å²) in [6, 6.07) is 15.1. The predicted octanol–water partition coefficient (Wildman–Crippen LogP) is 6.54. The van der Waals surface area contributed by atoms with Crippen LogP contribution >= 0.6 is 0 Å². The molecule has 0 aliphatic heterocycles. The summed E-state index contributed by atoms with van der Waals surface area (Å²) in [5.74, 6) is 7.40. The van der Waals surface area contributed by atoms with E-state index in [9.17, 15) is 8.78 Å². The van der Waals surface area contributed by atoms with Crippen LogP contribution in [-0.2, 0) is 12.8 Å². The van der Waals surface area contributed by atoms with Crippen LogP contribution in [0, 0.1) is 23.7 Å². The van der Waals surface area contributed by atoms with Crippen molar-refractivity contribution in [2.75, 3.05) is 0 Å². The van der Waals surface area contributed by atoms with Crippen molar-refractivity contribution >= 4 is 0 Å². The molecule has 0 amide bonds. The van der Waals surface area contributed by atoms with Crippen molar-refractivity contribution in [2.24, 2.45) is 0 Å². The van der Waals surface area contributed by atoms with Gasteiger partial charge in [-0.05, 0) is 66.5 Å². The first-order chi connectivity index (χ1) is 13.1. The number of hydrogen-bond acceptors (Lipinski definition) is 0. The van der Waals surface area contributed by atoms with Crippen molar-refractivity contribution in [3.8, 4) is 23.7 Å². The van der Waals surface area contributed by atoms with Crippen LogP contribution in [0.2, 0.25) is 0 Å². The molecule has 0 nitrogen and oxygen atoms in total. The van der Waals surface area contributed by atoms with Gasteiger partial charge in [-0.25, -0.2) is 0 Å². The Bertz CT molecular complexity index is 880. The summed E-state index contributed by atoms with van der Waals surface area (Å²) in [5, 5.41) is 0. The van der Waals surface area contributed by atoms with E-state index >= 15 is 0 Å². The molecule has 0 heterocycles. The maximum atomic E-state index is 13.8. The van der Waals surface area contributed by atoms with E-state index in [1.807, 2.05) is 48.5 Å². The third-order valence-electron chi connectivity index (χ3n) is 4.09. The Morgan fingerprint density at radius 2 is 1.11 bits per heavy atom. The second-order valence-electron chi connectivity index (χ2n) is 6.38. The lowest BCUT2D eigenvalue weighted by atomic mass is 10.1. The van der Waals surface area contributed by atoms with E-state index in [0.717, 1.165) is 32.1 Å². The molecule has 0 fully saturated rings. The molecule has 0 atom stereocenters. The molecule has 2 aromatic carbocycles. The van der Waals surface area contributed by atoms with Gasteiger partial charge in [0.15, 0.2) is 0 Å². The van der Waals surface area contributed by atoms with Crippen LogP contribution < -0.4 is 0 Å². The van der Waals surface area contributed by atoms with Gasteiger partial charge in [0.25, 0.3) is 0 Å². The Labute approximate surface area is 161 Å². The second-order valence-corrected chi connectivity index (χ2v) is 6.38. The molecule has 0 radical (unpaired) electrons. The topological polar surface area (TPSA) is 0 Å². The summed E-state index contributed by atoms with van der Waals surface area (Å²) in [7, 11) is 0. The van der Waals surface area contributed by atoms with Crippen LogP contribution in [-0.4, -0.2) is 0 Å². The van der Waals surface area contributed by atoms with Crippen molar-refractivity contribution in [2.45, 2.75) is 46.0 Å². The normalized spacial score (nSPS) is 11.0. The van der Waals surface area contributed by atoms with E-state index in [0.29, 0.717) is 11.1 Å². The number of rotatable bonds is 5. The molecule has 138 valence electrons. The van der Waals surface area contributed by atoms with Crippen molar-refractivity contribution in [3.05, 3.63) is 82.4 Å². The van der Waals surface area contributed by atoms with Gasteiger partial charge in [0, 0.05) is 11.1 Å². The highest BCUT2D eigenvalue weighted by atomic mass is 19.2. The number of hydrogen-bond donors (Lipinski definition) is 0. The van der Waals surface area contributed by atoms with Crippen molar-refractivity contribution in [1.82, 2.24) is 0 Å². The number of benzene rings is 2. The quantitative estimate of drug-likeness (QED) is 0.530. The molecule has 2 rings (SSSR count). The maximum Gasteiger partial charge on any atom is 0.217 e. The monoisotopic (exact) mass is 362 g/mol. The van der Waals surface area contributed by atoms with Gasteiger partial charge in [-0.1, -0.05) is 62.8 Å². The Balaban J connectivity index is 2.05. The van der Waals surface area contributed by atoms with Crippen LogP contribution in [0.4, 0.5) is 8.78 Å². The largest absolute Gasteiger partial charge is 0.217 e. The van der Waals surface area contributed by atoms with Gasteiger partial charge in [-0.2, -0.15) is 8.78 Å². The smallest absolute Gasteiger partial charge is 0.193 e. The first-order valence-corrected chi connectivity index (χ1v) is 9.39. The zero-order valence-electron chi connectivity index (χ0n) is 15.9. The van der Waals surface area contributed by atoms with E-state index in [4.69, 9.17) is 0 Å². The minimum absolute atomic E-state index is 0.647. The molecule has 0 saturated carbocycles. The van der Waals surface area contributed by atoms with Gasteiger partial charge >= 0.3 is 0 Å². The summed E-state index contributed by atoms with van der Waals surface area (Å²) in [5.41, 5.74) is 3.73. The van der Waals surface area contributed by atoms with Gasteiger partial charge < -0.3 is 0 Å². The summed E-state index contributed by atoms with van der Waals surface area (Å²) in [6.45, 7) is 4.26. The van der Waals surface area contributed by atoms with E-state index < -0.39 is 11.7 Å². The fourth-order valence-electron chi connectivity index (χ4n) is 2.54. The lowest BCUT2D eigenvalue weighted by Gasteiger charge is -1.99. The third kappa shape index (κ3) is 7.12. The standard InChI is InChI=1S/C25H24F2/c1-3-5-7-21-10-14-23(15-11-21)17-19-25(27)24(26)18-16-22-12-8-20(6-4-2)9-13-22/h8-15H,3-7H2,1-2H3. The number of halogens is 2. The predicted molar refractivity (Wildman–Crippen MR) is 108 cm³/mol. The zero-order chi connectivity index (χ0) is 19.5. The second kappa shape index (κ2) is 11.0. The molecule has 0 bridgehead atoms. The van der Waals surface area contributed by atoms with Crippen LogP contribution in [0.15, 0.2) is 60.2 Å². The molecular weight excluding hydrogens is 338 g/mol. The highest BCUT2D eigenvalue weighted by molar-refractivity contribution is 5.45. The van der Waals surface area contributed by atoms with Crippen LogP contribution in [0.3, 0.4) is 0 Å². The molecule has 2 heteroatoms. The van der Waals surface area contributed by atoms with Crippen LogP contribution in [0.25, 0.3) is 0 Å². The highest BCUT2D eigenvalue weighted by Crippen LogP contribution is 2.10. The summed E-state index contributed by atoms with van der Waals surface area (Å²) in [4.78, 5) is 0. The van der Waals surface area contributed by atoms with Gasteiger partial charge in [-0.15, -0.1) is 0 Å². The minimum Gasteiger partial charge on any atom is -0.193 e. The lowest BCUT2D eigenvalue weighted by Crippen LogP contribution is -1.85. The molecule has 0 saturated heterocycles. The fourth-order valence-corrected chi connectivity index (χ4v) is 2.54. The SMILES string of the molecule is CCCCc1ccc(C#CC(F)=C(F)C#Cc2ccc(CCC)cc2)cc1. The van der Waals surface area contributed by atoms with E-state index in [-0.39, 0.29) is 0 Å². The summed E-state index contributed by atoms with van der Waals surface area (Å²) >= 11 is 0. The molecule has 27 heavy (non-hydrogen) atoms. The summed E-state index contributed by atoms with van der Waals surface area (Å²) < 4.78 is 27.6. The number of aryl methyl sites for hydroxylation is 2. The van der Waals surface area contributed by atoms with Gasteiger partial charge in [0.05, 0.1) is 0 Å². The molecule has 0 aliphatic rings. The summed E-state index contributed by atoms with van der Waals surface area (Å²) in [6.07, 6.45) is 5.34. The Hall–Kier alpha value is -2.84. The molecule has 0 unspecified atom stereocenters. The van der Waals surface area contributed by atoms with Crippen LogP contribution in [0.5, 0.6) is 0 Å². The first kappa shape index (κ1) is 20.5. The molecule has 0 aromatic heterocycles.